The summed E-state index contributed by atoms with van der Waals surface area (Å²) in [6.45, 7) is 2.17. The van der Waals surface area contributed by atoms with E-state index in [1.165, 1.54) is 0 Å². The van der Waals surface area contributed by atoms with Crippen molar-refractivity contribution in [1.82, 2.24) is 9.80 Å². The largest absolute Gasteiger partial charge is 0.385 e. The van der Waals surface area contributed by atoms with Crippen LogP contribution in [0.5, 0.6) is 0 Å². The predicted octanol–water partition coefficient (Wildman–Crippen LogP) is 2.63. The second-order valence-corrected chi connectivity index (χ2v) is 8.53. The number of nitrogens with zero attached hydrogens (tertiary/aromatic N) is 2. The van der Waals surface area contributed by atoms with Crippen LogP contribution < -0.4 is 11.1 Å². The van der Waals surface area contributed by atoms with Gasteiger partial charge in [-0.15, -0.1) is 0 Å². The molecule has 0 radical (unpaired) electrons. The van der Waals surface area contributed by atoms with Crippen molar-refractivity contribution < 1.29 is 19.1 Å². The number of nitrogens with one attached hydrogen (secondary N) is 1. The molecular weight excluding hydrogens is 420 g/mol. The molecule has 4 rings (SSSR count). The first-order valence-electron chi connectivity index (χ1n) is 11.3. The number of methoxy groups -OCH3 is 1. The van der Waals surface area contributed by atoms with Gasteiger partial charge in [0.05, 0.1) is 0 Å². The highest BCUT2D eigenvalue weighted by Gasteiger charge is 2.36. The number of hydrogen-bond acceptors (Lipinski definition) is 5. The third-order valence-corrected chi connectivity index (χ3v) is 6.40. The molecule has 0 bridgehead atoms. The monoisotopic (exact) mass is 450 g/mol. The van der Waals surface area contributed by atoms with Crippen LogP contribution in [-0.4, -0.2) is 60.9 Å². The molecule has 1 unspecified atom stereocenters. The molecular formula is C25H30N4O4. The van der Waals surface area contributed by atoms with Gasteiger partial charge in [-0.2, -0.15) is 0 Å². The van der Waals surface area contributed by atoms with E-state index in [0.29, 0.717) is 50.2 Å². The highest BCUT2D eigenvalue weighted by Crippen LogP contribution is 2.34. The maximum atomic E-state index is 13.1. The minimum atomic E-state index is -0.317. The Morgan fingerprint density at radius 1 is 1.12 bits per heavy atom. The standard InChI is InChI=1S/C25H30N4O4/c1-33-15-5-12-29-23(20-8-2-3-9-21(20)25(29)32)27-19-7-4-6-18(16-19)24(31)28-13-10-17(11-14-28)22(26)30/h2-4,6-9,16-17,23,27H,5,10-15H2,1H3,(H2,26,30). The lowest BCUT2D eigenvalue weighted by atomic mass is 9.96. The number of amides is 3. The van der Waals surface area contributed by atoms with E-state index in [9.17, 15) is 14.4 Å². The summed E-state index contributed by atoms with van der Waals surface area (Å²) in [5.41, 5.74) is 8.35. The molecule has 2 aliphatic heterocycles. The van der Waals surface area contributed by atoms with Crippen LogP contribution in [0.15, 0.2) is 48.5 Å². The summed E-state index contributed by atoms with van der Waals surface area (Å²) in [5, 5.41) is 3.46. The molecule has 33 heavy (non-hydrogen) atoms. The number of likely N-dealkylation sites (tertiary alicyclic amines) is 1. The Kier molecular flexibility index (Phi) is 6.93. The van der Waals surface area contributed by atoms with Gasteiger partial charge in [-0.1, -0.05) is 24.3 Å². The van der Waals surface area contributed by atoms with E-state index in [-0.39, 0.29) is 29.8 Å². The van der Waals surface area contributed by atoms with Crippen LogP contribution in [0.25, 0.3) is 0 Å². The smallest absolute Gasteiger partial charge is 0.256 e. The van der Waals surface area contributed by atoms with Gasteiger partial charge in [0, 0.05) is 61.6 Å². The van der Waals surface area contributed by atoms with Crippen LogP contribution in [0, 0.1) is 5.92 Å². The molecule has 2 aliphatic rings. The third-order valence-electron chi connectivity index (χ3n) is 6.40. The molecule has 3 N–H and O–H groups in total. The first-order valence-corrected chi connectivity index (χ1v) is 11.3. The fraction of sp³-hybridized carbons (Fsp3) is 0.400. The number of piperidine rings is 1. The lowest BCUT2D eigenvalue weighted by Gasteiger charge is -2.31. The molecule has 0 aromatic heterocycles. The molecule has 8 heteroatoms. The van der Waals surface area contributed by atoms with Crippen molar-refractivity contribution in [2.24, 2.45) is 11.7 Å². The molecule has 174 valence electrons. The summed E-state index contributed by atoms with van der Waals surface area (Å²) in [5.74, 6) is -0.536. The summed E-state index contributed by atoms with van der Waals surface area (Å²) >= 11 is 0. The van der Waals surface area contributed by atoms with Crippen LogP contribution in [-0.2, 0) is 9.53 Å². The highest BCUT2D eigenvalue weighted by atomic mass is 16.5. The van der Waals surface area contributed by atoms with E-state index in [0.717, 1.165) is 17.7 Å². The number of nitrogens with two attached hydrogens (primary N) is 1. The minimum Gasteiger partial charge on any atom is -0.385 e. The zero-order valence-corrected chi connectivity index (χ0v) is 18.8. The number of hydrogen-bond donors (Lipinski definition) is 2. The van der Waals surface area contributed by atoms with E-state index in [1.807, 2.05) is 47.4 Å². The van der Waals surface area contributed by atoms with Gasteiger partial charge in [-0.05, 0) is 43.5 Å². The van der Waals surface area contributed by atoms with Crippen LogP contribution in [0.1, 0.15) is 51.7 Å². The summed E-state index contributed by atoms with van der Waals surface area (Å²) in [4.78, 5) is 41.0. The number of primary amides is 1. The summed E-state index contributed by atoms with van der Waals surface area (Å²) < 4.78 is 5.16. The predicted molar refractivity (Wildman–Crippen MR) is 125 cm³/mol. The molecule has 8 nitrogen and oxygen atoms in total. The van der Waals surface area contributed by atoms with Crippen LogP contribution >= 0.6 is 0 Å². The molecule has 2 heterocycles. The van der Waals surface area contributed by atoms with Crippen molar-refractivity contribution in [3.8, 4) is 0 Å². The molecule has 1 saturated heterocycles. The Morgan fingerprint density at radius 3 is 2.61 bits per heavy atom. The second-order valence-electron chi connectivity index (χ2n) is 8.53. The average molecular weight is 451 g/mol. The highest BCUT2D eigenvalue weighted by molar-refractivity contribution is 5.99. The van der Waals surface area contributed by atoms with Crippen LogP contribution in [0.4, 0.5) is 5.69 Å². The number of rotatable bonds is 8. The maximum Gasteiger partial charge on any atom is 0.256 e. The number of ether oxygens (including phenoxy) is 1. The first kappa shape index (κ1) is 22.8. The Bertz CT molecular complexity index is 1030. The van der Waals surface area contributed by atoms with E-state index in [2.05, 4.69) is 5.32 Å². The molecule has 0 saturated carbocycles. The number of benzene rings is 2. The van der Waals surface area contributed by atoms with Gasteiger partial charge in [0.25, 0.3) is 11.8 Å². The second kappa shape index (κ2) is 10.0. The van der Waals surface area contributed by atoms with Crippen molar-refractivity contribution in [1.29, 1.82) is 0 Å². The molecule has 0 aliphatic carbocycles. The van der Waals surface area contributed by atoms with Gasteiger partial charge in [-0.25, -0.2) is 0 Å². The van der Waals surface area contributed by atoms with Gasteiger partial charge in [-0.3, -0.25) is 14.4 Å². The van der Waals surface area contributed by atoms with Crippen molar-refractivity contribution in [3.63, 3.8) is 0 Å². The topological polar surface area (TPSA) is 105 Å². The van der Waals surface area contributed by atoms with E-state index in [1.54, 1.807) is 18.1 Å². The normalized spacial score (nSPS) is 18.3. The SMILES string of the molecule is COCCCN1C(=O)c2ccccc2C1Nc1cccc(C(=O)N2CCC(C(N)=O)CC2)c1. The molecule has 0 spiro atoms. The number of carbonyl (C=O) groups excluding carboxylic acids is 3. The van der Waals surface area contributed by atoms with Crippen molar-refractivity contribution in [2.45, 2.75) is 25.4 Å². The zero-order chi connectivity index (χ0) is 23.4. The van der Waals surface area contributed by atoms with Crippen LogP contribution in [0.2, 0.25) is 0 Å². The Balaban J connectivity index is 1.50. The fourth-order valence-corrected chi connectivity index (χ4v) is 4.59. The minimum absolute atomic E-state index is 0.0104. The van der Waals surface area contributed by atoms with Crippen LogP contribution in [0.3, 0.4) is 0 Å². The van der Waals surface area contributed by atoms with E-state index in [4.69, 9.17) is 10.5 Å². The summed E-state index contributed by atoms with van der Waals surface area (Å²) in [6.07, 6.45) is 1.60. The molecule has 1 atom stereocenters. The Labute approximate surface area is 193 Å². The number of fused-ring (bicyclic) bond motifs is 1. The van der Waals surface area contributed by atoms with Crippen molar-refractivity contribution in [3.05, 3.63) is 65.2 Å². The Hall–Kier alpha value is -3.39. The van der Waals surface area contributed by atoms with E-state index < -0.39 is 0 Å². The number of anilines is 1. The van der Waals surface area contributed by atoms with Gasteiger partial charge in [0.2, 0.25) is 5.91 Å². The number of carbonyl (C=O) groups is 3. The van der Waals surface area contributed by atoms with Crippen molar-refractivity contribution in [2.75, 3.05) is 38.7 Å². The molecule has 2 aromatic rings. The zero-order valence-electron chi connectivity index (χ0n) is 18.8. The van der Waals surface area contributed by atoms with Gasteiger partial charge in [0.1, 0.15) is 6.17 Å². The molecule has 2 aromatic carbocycles. The average Bonchev–Trinajstić information content (AvgIpc) is 3.10. The summed E-state index contributed by atoms with van der Waals surface area (Å²) in [6, 6.07) is 14.9. The maximum absolute atomic E-state index is 13.1. The lowest BCUT2D eigenvalue weighted by Crippen LogP contribution is -2.41. The van der Waals surface area contributed by atoms with E-state index >= 15 is 0 Å². The first-order chi connectivity index (χ1) is 16.0. The quantitative estimate of drug-likeness (QED) is 0.602. The molecule has 1 fully saturated rings. The van der Waals surface area contributed by atoms with Crippen molar-refractivity contribution >= 4 is 23.4 Å². The fourth-order valence-electron chi connectivity index (χ4n) is 4.59. The van der Waals surface area contributed by atoms with Gasteiger partial charge >= 0.3 is 0 Å². The van der Waals surface area contributed by atoms with Gasteiger partial charge < -0.3 is 25.6 Å². The van der Waals surface area contributed by atoms with Gasteiger partial charge in [0.15, 0.2) is 0 Å². The third kappa shape index (κ3) is 4.85. The Morgan fingerprint density at radius 2 is 1.88 bits per heavy atom. The summed E-state index contributed by atoms with van der Waals surface area (Å²) in [7, 11) is 1.65. The molecule has 3 amide bonds. The lowest BCUT2D eigenvalue weighted by molar-refractivity contribution is -0.123.